The van der Waals surface area contributed by atoms with Gasteiger partial charge in [0.2, 0.25) is 0 Å². The molecule has 2 aliphatic heterocycles. The molecule has 0 bridgehead atoms. The molecule has 52 heavy (non-hydrogen) atoms. The van der Waals surface area contributed by atoms with Crippen molar-refractivity contribution in [3.8, 4) is 0 Å². The number of esters is 2. The van der Waals surface area contributed by atoms with Gasteiger partial charge in [-0.25, -0.2) is 28.5 Å². The number of aryl methyl sites for hydroxylation is 2. The van der Waals surface area contributed by atoms with Crippen LogP contribution in [0.15, 0.2) is 44.0 Å². The molecule has 4 aromatic rings. The second kappa shape index (κ2) is 16.2. The van der Waals surface area contributed by atoms with E-state index in [2.05, 4.69) is 30.6 Å². The number of ether oxygens (including phenoxy) is 4. The highest BCUT2D eigenvalue weighted by molar-refractivity contribution is 5.87. The first kappa shape index (κ1) is 37.7. The van der Waals surface area contributed by atoms with Gasteiger partial charge in [0.15, 0.2) is 11.4 Å². The Labute approximate surface area is 292 Å². The Morgan fingerprint density at radius 1 is 0.808 bits per heavy atom. The number of nitrogens with zero attached hydrogens (tertiary/aromatic N) is 8. The van der Waals surface area contributed by atoms with Gasteiger partial charge in [0.05, 0.1) is 50.9 Å². The molecule has 0 aromatic carbocycles. The predicted molar refractivity (Wildman–Crippen MR) is 173 cm³/mol. The Balaban J connectivity index is 0.000000201. The van der Waals surface area contributed by atoms with Crippen molar-refractivity contribution >= 4 is 11.9 Å². The molecule has 2 saturated heterocycles. The molecule has 0 amide bonds. The van der Waals surface area contributed by atoms with Crippen LogP contribution in [0.1, 0.15) is 83.3 Å². The summed E-state index contributed by atoms with van der Waals surface area (Å²) < 4.78 is 26.6. The number of aromatic amines is 2. The van der Waals surface area contributed by atoms with E-state index in [4.69, 9.17) is 18.9 Å². The number of aliphatic hydroxyl groups excluding tert-OH is 2. The Bertz CT molecular complexity index is 2130. The average Bonchev–Trinajstić information content (AvgIpc) is 3.94. The topological polar surface area (TPSA) is 283 Å². The number of nitrogens with one attached hydrogen (secondary N) is 2. The summed E-state index contributed by atoms with van der Waals surface area (Å²) in [5, 5.41) is 34.6. The number of aromatic nitrogens is 10. The molecule has 2 aliphatic rings. The lowest BCUT2D eigenvalue weighted by Gasteiger charge is -2.17. The van der Waals surface area contributed by atoms with Crippen LogP contribution < -0.4 is 22.5 Å². The zero-order chi connectivity index (χ0) is 37.7. The first-order chi connectivity index (χ1) is 24.9. The molecular weight excluding hydrogens is 692 g/mol. The summed E-state index contributed by atoms with van der Waals surface area (Å²) in [6.45, 7) is 6.27. The number of aliphatic hydroxyl groups is 2. The molecule has 6 atom stereocenters. The normalized spacial score (nSPS) is 22.5. The van der Waals surface area contributed by atoms with Crippen LogP contribution in [0.2, 0.25) is 0 Å². The van der Waals surface area contributed by atoms with Crippen molar-refractivity contribution in [3.05, 3.63) is 89.0 Å². The minimum Gasteiger partial charge on any atom is -0.461 e. The third-order valence-corrected chi connectivity index (χ3v) is 8.39. The summed E-state index contributed by atoms with van der Waals surface area (Å²) in [4.78, 5) is 75.4. The summed E-state index contributed by atoms with van der Waals surface area (Å²) in [5.41, 5.74) is -1.27. The predicted octanol–water partition coefficient (Wildman–Crippen LogP) is -1.73. The Morgan fingerprint density at radius 3 is 1.87 bits per heavy atom. The van der Waals surface area contributed by atoms with E-state index in [9.17, 15) is 39.0 Å². The second-order valence-electron chi connectivity index (χ2n) is 11.8. The van der Waals surface area contributed by atoms with Crippen LogP contribution in [0.25, 0.3) is 0 Å². The van der Waals surface area contributed by atoms with Crippen LogP contribution in [0.5, 0.6) is 0 Å². The zero-order valence-electron chi connectivity index (χ0n) is 28.6. The van der Waals surface area contributed by atoms with Crippen LogP contribution in [0.3, 0.4) is 0 Å². The smallest absolute Gasteiger partial charge is 0.360 e. The average molecular weight is 731 g/mol. The Kier molecular flexibility index (Phi) is 11.7. The molecular formula is C30H38N10O12. The second-order valence-corrected chi connectivity index (χ2v) is 11.8. The van der Waals surface area contributed by atoms with Gasteiger partial charge in [0.25, 0.3) is 11.1 Å². The molecule has 4 N–H and O–H groups in total. The molecule has 0 spiro atoms. The van der Waals surface area contributed by atoms with Crippen LogP contribution in [0, 0.1) is 13.8 Å². The fourth-order valence-electron chi connectivity index (χ4n) is 5.81. The number of carbonyl (C=O) groups is 2. The van der Waals surface area contributed by atoms with Gasteiger partial charge in [-0.1, -0.05) is 10.4 Å². The summed E-state index contributed by atoms with van der Waals surface area (Å²) in [5.74, 6) is -1.18. The molecule has 280 valence electrons. The van der Waals surface area contributed by atoms with E-state index in [-0.39, 0.29) is 44.2 Å². The van der Waals surface area contributed by atoms with E-state index in [0.29, 0.717) is 17.5 Å². The van der Waals surface area contributed by atoms with Gasteiger partial charge in [-0.05, 0) is 27.7 Å². The molecule has 6 rings (SSSR count). The monoisotopic (exact) mass is 730 g/mol. The van der Waals surface area contributed by atoms with Crippen LogP contribution in [-0.2, 0) is 18.9 Å². The highest BCUT2D eigenvalue weighted by atomic mass is 16.5. The summed E-state index contributed by atoms with van der Waals surface area (Å²) in [6.07, 6.45) is 3.23. The lowest BCUT2D eigenvalue weighted by Crippen LogP contribution is -2.33. The lowest BCUT2D eigenvalue weighted by molar-refractivity contribution is -0.0326. The number of rotatable bonds is 10. The van der Waals surface area contributed by atoms with E-state index < -0.39 is 71.2 Å². The van der Waals surface area contributed by atoms with Crippen molar-refractivity contribution in [2.45, 2.75) is 77.3 Å². The first-order valence-corrected chi connectivity index (χ1v) is 16.2. The Morgan fingerprint density at radius 2 is 1.33 bits per heavy atom. The van der Waals surface area contributed by atoms with Crippen LogP contribution in [-0.4, -0.2) is 110 Å². The third-order valence-electron chi connectivity index (χ3n) is 8.39. The summed E-state index contributed by atoms with van der Waals surface area (Å²) >= 11 is 0. The molecule has 0 radical (unpaired) electrons. The van der Waals surface area contributed by atoms with Gasteiger partial charge >= 0.3 is 23.3 Å². The molecule has 6 heterocycles. The fraction of sp³-hybridized carbons (Fsp3) is 0.533. The van der Waals surface area contributed by atoms with E-state index in [1.54, 1.807) is 27.7 Å². The van der Waals surface area contributed by atoms with Crippen LogP contribution >= 0.6 is 0 Å². The van der Waals surface area contributed by atoms with Gasteiger partial charge in [-0.15, -0.1) is 10.2 Å². The number of carbonyl (C=O) groups excluding carboxylic acids is 2. The minimum absolute atomic E-state index is 0.0454. The number of hydrogen-bond donors (Lipinski definition) is 4. The molecule has 2 fully saturated rings. The number of H-pyrrole nitrogens is 2. The Hall–Kier alpha value is -5.58. The van der Waals surface area contributed by atoms with Gasteiger partial charge < -0.3 is 29.2 Å². The van der Waals surface area contributed by atoms with E-state index in [1.165, 1.54) is 43.3 Å². The highest BCUT2D eigenvalue weighted by Gasteiger charge is 2.41. The van der Waals surface area contributed by atoms with Gasteiger partial charge in [-0.2, -0.15) is 0 Å². The van der Waals surface area contributed by atoms with Crippen molar-refractivity contribution in [3.63, 3.8) is 0 Å². The molecule has 4 aromatic heterocycles. The van der Waals surface area contributed by atoms with Crippen molar-refractivity contribution in [1.82, 2.24) is 49.1 Å². The van der Waals surface area contributed by atoms with Gasteiger partial charge in [0, 0.05) is 36.4 Å². The first-order valence-electron chi connectivity index (χ1n) is 16.2. The van der Waals surface area contributed by atoms with E-state index >= 15 is 0 Å². The maximum atomic E-state index is 12.1. The van der Waals surface area contributed by atoms with Crippen molar-refractivity contribution in [2.75, 3.05) is 26.4 Å². The fourth-order valence-corrected chi connectivity index (χ4v) is 5.81. The largest absolute Gasteiger partial charge is 0.461 e. The van der Waals surface area contributed by atoms with Gasteiger partial charge in [0.1, 0.15) is 24.7 Å². The lowest BCUT2D eigenvalue weighted by atomic mass is 10.1. The highest BCUT2D eigenvalue weighted by Crippen LogP contribution is 2.37. The van der Waals surface area contributed by atoms with E-state index in [1.807, 2.05) is 0 Å². The third kappa shape index (κ3) is 7.83. The van der Waals surface area contributed by atoms with Crippen molar-refractivity contribution < 1.29 is 38.7 Å². The maximum absolute atomic E-state index is 12.1. The molecule has 22 nitrogen and oxygen atoms in total. The number of hydrogen-bond acceptors (Lipinski definition) is 16. The summed E-state index contributed by atoms with van der Waals surface area (Å²) in [7, 11) is 0. The molecule has 22 heteroatoms. The zero-order valence-corrected chi connectivity index (χ0v) is 28.6. The van der Waals surface area contributed by atoms with Gasteiger partial charge in [-0.3, -0.25) is 28.7 Å². The van der Waals surface area contributed by atoms with Crippen molar-refractivity contribution in [1.29, 1.82) is 0 Å². The van der Waals surface area contributed by atoms with Crippen LogP contribution in [0.4, 0.5) is 0 Å². The SMILES string of the molecule is CCOC(=O)c1cn([C@H]2C[C@H](n3cc(C)c(=O)[nH]c3=O)O[C@@H]2CO)nn1.CCOC(=O)c1cnnn1[C@H]1C[C@H](n2cc(C)c(=O)[nH]c2=O)O[C@@H]1CO. The standard InChI is InChI=1S/2C15H19N5O6/c1-3-25-14(23)10-5-16-18-20(10)9-4-12(26-11(9)7-21)19-6-8(2)13(22)17-15(19)24;1-3-25-14(23)9-6-20(18-17-9)10-4-12(26-11(10)7-21)19-5-8(2)13(22)16-15(19)24/h5-6,9,11-12,21H,3-4,7H2,1-2H3,(H,17,22,24);5-6,10-12,21H,3-4,7H2,1-2H3,(H,16,22,24)/t9-,11+,12+;10-,11+,12+/m00/s1. The summed E-state index contributed by atoms with van der Waals surface area (Å²) in [6, 6.07) is -0.981. The molecule has 0 unspecified atom stereocenters. The molecule has 0 aliphatic carbocycles. The van der Waals surface area contributed by atoms with E-state index in [0.717, 1.165) is 0 Å². The minimum atomic E-state index is -0.737. The van der Waals surface area contributed by atoms with Crippen molar-refractivity contribution in [2.24, 2.45) is 0 Å². The quantitative estimate of drug-likeness (QED) is 0.132. The maximum Gasteiger partial charge on any atom is 0.360 e. The molecule has 0 saturated carbocycles.